The molecule has 1 atom stereocenters. The Balaban J connectivity index is 2.36. The maximum absolute atomic E-state index is 11.2. The number of hydrogen-bond acceptors (Lipinski definition) is 4. The molecule has 104 valence electrons. The Kier molecular flexibility index (Phi) is 4.38. The van der Waals surface area contributed by atoms with Crippen LogP contribution in [0.15, 0.2) is 42.5 Å². The second kappa shape index (κ2) is 6.21. The van der Waals surface area contributed by atoms with Crippen molar-refractivity contribution in [3.63, 3.8) is 0 Å². The third-order valence-corrected chi connectivity index (χ3v) is 3.23. The van der Waals surface area contributed by atoms with Gasteiger partial charge in [0.15, 0.2) is 6.29 Å². The van der Waals surface area contributed by atoms with E-state index >= 15 is 0 Å². The van der Waals surface area contributed by atoms with Crippen LogP contribution in [0.2, 0.25) is 0 Å². The normalized spacial score (nSPS) is 11.8. The fraction of sp³-hybridized carbons (Fsp3) is 0.188. The first-order valence-electron chi connectivity index (χ1n) is 6.22. The van der Waals surface area contributed by atoms with E-state index in [0.717, 1.165) is 23.2 Å². The summed E-state index contributed by atoms with van der Waals surface area (Å²) in [5, 5.41) is 0. The van der Waals surface area contributed by atoms with Gasteiger partial charge in [-0.15, -0.1) is 0 Å². The first-order valence-corrected chi connectivity index (χ1v) is 6.22. The van der Waals surface area contributed by atoms with Gasteiger partial charge in [-0.3, -0.25) is 4.79 Å². The molecule has 2 N–H and O–H groups in total. The van der Waals surface area contributed by atoms with Crippen LogP contribution in [0.3, 0.4) is 0 Å². The van der Waals surface area contributed by atoms with Crippen LogP contribution in [0.25, 0.3) is 0 Å². The van der Waals surface area contributed by atoms with E-state index in [1.165, 1.54) is 0 Å². The monoisotopic (exact) mass is 271 g/mol. The molecule has 0 fully saturated rings. The molecule has 0 amide bonds. The Hall–Kier alpha value is -2.33. The Morgan fingerprint density at radius 3 is 2.15 bits per heavy atom. The number of aldehydes is 1. The summed E-state index contributed by atoms with van der Waals surface area (Å²) in [6.45, 7) is 0. The number of methoxy groups -OCH3 is 2. The van der Waals surface area contributed by atoms with Crippen molar-refractivity contribution in [1.82, 2.24) is 0 Å². The third-order valence-electron chi connectivity index (χ3n) is 3.23. The van der Waals surface area contributed by atoms with Gasteiger partial charge in [0.25, 0.3) is 0 Å². The number of nitrogens with two attached hydrogens (primary N) is 1. The van der Waals surface area contributed by atoms with Gasteiger partial charge < -0.3 is 15.2 Å². The average Bonchev–Trinajstić information content (AvgIpc) is 2.53. The zero-order valence-corrected chi connectivity index (χ0v) is 11.5. The summed E-state index contributed by atoms with van der Waals surface area (Å²) >= 11 is 0. The first-order chi connectivity index (χ1) is 9.69. The van der Waals surface area contributed by atoms with E-state index in [9.17, 15) is 4.79 Å². The van der Waals surface area contributed by atoms with Crippen LogP contribution in [0.5, 0.6) is 11.5 Å². The highest BCUT2D eigenvalue weighted by molar-refractivity contribution is 5.78. The lowest BCUT2D eigenvalue weighted by molar-refractivity contribution is 0.112. The molecule has 1 unspecified atom stereocenters. The van der Waals surface area contributed by atoms with E-state index in [4.69, 9.17) is 15.2 Å². The van der Waals surface area contributed by atoms with Gasteiger partial charge in [0.05, 0.1) is 20.3 Å². The average molecular weight is 271 g/mol. The lowest BCUT2D eigenvalue weighted by atomic mass is 9.95. The van der Waals surface area contributed by atoms with Gasteiger partial charge in [-0.1, -0.05) is 18.2 Å². The van der Waals surface area contributed by atoms with Crippen LogP contribution in [0, 0.1) is 0 Å². The summed E-state index contributed by atoms with van der Waals surface area (Å²) in [6.07, 6.45) is 0.793. The highest BCUT2D eigenvalue weighted by Gasteiger charge is 2.14. The molecule has 0 heterocycles. The van der Waals surface area contributed by atoms with E-state index in [-0.39, 0.29) is 6.04 Å². The largest absolute Gasteiger partial charge is 0.497 e. The molecule has 4 nitrogen and oxygen atoms in total. The molecule has 0 aromatic heterocycles. The SMILES string of the molecule is COc1ccc(C(N)c2ccc(OC)cc2C=O)cc1. The standard InChI is InChI=1S/C16H17NO3/c1-19-13-5-3-11(4-6-13)16(17)15-8-7-14(20-2)9-12(15)10-18/h3-10,16H,17H2,1-2H3. The van der Waals surface area contributed by atoms with Crippen molar-refractivity contribution in [2.75, 3.05) is 14.2 Å². The molecule has 0 aliphatic heterocycles. The zero-order chi connectivity index (χ0) is 14.5. The molecule has 0 bridgehead atoms. The van der Waals surface area contributed by atoms with E-state index in [1.54, 1.807) is 26.4 Å². The first kappa shape index (κ1) is 14.1. The minimum absolute atomic E-state index is 0.369. The smallest absolute Gasteiger partial charge is 0.150 e. The van der Waals surface area contributed by atoms with Crippen molar-refractivity contribution in [2.24, 2.45) is 5.73 Å². The van der Waals surface area contributed by atoms with Crippen LogP contribution < -0.4 is 15.2 Å². The molecular weight excluding hydrogens is 254 g/mol. The second-order valence-electron chi connectivity index (χ2n) is 4.36. The van der Waals surface area contributed by atoms with Gasteiger partial charge in [-0.2, -0.15) is 0 Å². The maximum atomic E-state index is 11.2. The quantitative estimate of drug-likeness (QED) is 0.849. The van der Waals surface area contributed by atoms with Crippen LogP contribution >= 0.6 is 0 Å². The van der Waals surface area contributed by atoms with Crippen molar-refractivity contribution in [3.05, 3.63) is 59.2 Å². The number of rotatable bonds is 5. The number of benzene rings is 2. The van der Waals surface area contributed by atoms with Gasteiger partial charge in [-0.25, -0.2) is 0 Å². The molecule has 0 aliphatic rings. The number of carbonyl (C=O) groups is 1. The van der Waals surface area contributed by atoms with E-state index < -0.39 is 0 Å². The van der Waals surface area contributed by atoms with Gasteiger partial charge >= 0.3 is 0 Å². The lowest BCUT2D eigenvalue weighted by Crippen LogP contribution is -2.14. The number of hydrogen-bond donors (Lipinski definition) is 1. The van der Waals surface area contributed by atoms with Crippen molar-refractivity contribution >= 4 is 6.29 Å². The third kappa shape index (κ3) is 2.81. The molecule has 20 heavy (non-hydrogen) atoms. The Labute approximate surface area is 118 Å². The fourth-order valence-corrected chi connectivity index (χ4v) is 2.06. The maximum Gasteiger partial charge on any atom is 0.150 e. The highest BCUT2D eigenvalue weighted by Crippen LogP contribution is 2.26. The van der Waals surface area contributed by atoms with Gasteiger partial charge in [-0.05, 0) is 35.4 Å². The number of carbonyl (C=O) groups excluding carboxylic acids is 1. The fourth-order valence-electron chi connectivity index (χ4n) is 2.06. The molecule has 2 aromatic carbocycles. The van der Waals surface area contributed by atoms with Crippen molar-refractivity contribution < 1.29 is 14.3 Å². The van der Waals surface area contributed by atoms with Crippen molar-refractivity contribution in [1.29, 1.82) is 0 Å². The molecular formula is C16H17NO3. The molecule has 2 aromatic rings. The summed E-state index contributed by atoms with van der Waals surface area (Å²) in [4.78, 5) is 11.2. The predicted octanol–water partition coefficient (Wildman–Crippen LogP) is 2.56. The lowest BCUT2D eigenvalue weighted by Gasteiger charge is -2.16. The molecule has 0 aliphatic carbocycles. The van der Waals surface area contributed by atoms with E-state index in [0.29, 0.717) is 11.3 Å². The minimum Gasteiger partial charge on any atom is -0.497 e. The van der Waals surface area contributed by atoms with Crippen LogP contribution in [0.1, 0.15) is 27.5 Å². The van der Waals surface area contributed by atoms with Crippen molar-refractivity contribution in [2.45, 2.75) is 6.04 Å². The molecule has 0 saturated carbocycles. The minimum atomic E-state index is -0.369. The van der Waals surface area contributed by atoms with Crippen LogP contribution in [-0.2, 0) is 0 Å². The van der Waals surface area contributed by atoms with Gasteiger partial charge in [0.1, 0.15) is 11.5 Å². The van der Waals surface area contributed by atoms with Gasteiger partial charge in [0, 0.05) is 5.56 Å². The van der Waals surface area contributed by atoms with Gasteiger partial charge in [0.2, 0.25) is 0 Å². The summed E-state index contributed by atoms with van der Waals surface area (Å²) in [5.41, 5.74) is 8.46. The molecule has 0 radical (unpaired) electrons. The predicted molar refractivity (Wildman–Crippen MR) is 77.4 cm³/mol. The molecule has 4 heteroatoms. The zero-order valence-electron chi connectivity index (χ0n) is 11.5. The van der Waals surface area contributed by atoms with Crippen LogP contribution in [-0.4, -0.2) is 20.5 Å². The Morgan fingerprint density at radius 2 is 1.60 bits per heavy atom. The molecule has 2 rings (SSSR count). The van der Waals surface area contributed by atoms with E-state index in [1.807, 2.05) is 30.3 Å². The number of ether oxygens (including phenoxy) is 2. The summed E-state index contributed by atoms with van der Waals surface area (Å²) in [6, 6.07) is 12.4. The summed E-state index contributed by atoms with van der Waals surface area (Å²) in [5.74, 6) is 1.41. The molecule has 0 saturated heterocycles. The summed E-state index contributed by atoms with van der Waals surface area (Å²) < 4.78 is 10.2. The summed E-state index contributed by atoms with van der Waals surface area (Å²) in [7, 11) is 3.18. The van der Waals surface area contributed by atoms with E-state index in [2.05, 4.69) is 0 Å². The highest BCUT2D eigenvalue weighted by atomic mass is 16.5. The molecule has 0 spiro atoms. The van der Waals surface area contributed by atoms with Crippen LogP contribution in [0.4, 0.5) is 0 Å². The second-order valence-corrected chi connectivity index (χ2v) is 4.36. The van der Waals surface area contributed by atoms with Crippen molar-refractivity contribution in [3.8, 4) is 11.5 Å². The Bertz CT molecular complexity index is 593. The Morgan fingerprint density at radius 1 is 1.00 bits per heavy atom. The topological polar surface area (TPSA) is 61.6 Å².